The second kappa shape index (κ2) is 9.41. The van der Waals surface area contributed by atoms with Gasteiger partial charge < -0.3 is 10.1 Å². The molecule has 1 N–H and O–H groups in total. The molecule has 4 rings (SSSR count). The van der Waals surface area contributed by atoms with Gasteiger partial charge in [-0.3, -0.25) is 14.3 Å². The number of ether oxygens (including phenoxy) is 1. The number of amides is 1. The molecule has 3 aromatic rings. The molecule has 31 heavy (non-hydrogen) atoms. The van der Waals surface area contributed by atoms with E-state index in [1.807, 2.05) is 6.07 Å². The van der Waals surface area contributed by atoms with Crippen LogP contribution in [0.15, 0.2) is 55.1 Å². The molecule has 1 unspecified atom stereocenters. The van der Waals surface area contributed by atoms with Crippen molar-refractivity contribution in [3.05, 3.63) is 76.7 Å². The minimum Gasteiger partial charge on any atom is -0.449 e. The SMILES string of the molecule is N#Cc1c(NC(=O)/C=C/c2cccnc2)sc2c1CCC(COC(=O)n1cccc1)C2. The fourth-order valence-corrected chi connectivity index (χ4v) is 4.84. The van der Waals surface area contributed by atoms with Crippen molar-refractivity contribution in [3.63, 3.8) is 0 Å². The van der Waals surface area contributed by atoms with E-state index < -0.39 is 6.09 Å². The Bertz CT molecular complexity index is 1140. The first-order valence-electron chi connectivity index (χ1n) is 9.88. The van der Waals surface area contributed by atoms with E-state index in [4.69, 9.17) is 4.74 Å². The highest BCUT2D eigenvalue weighted by molar-refractivity contribution is 7.16. The van der Waals surface area contributed by atoms with Gasteiger partial charge in [0.25, 0.3) is 0 Å². The van der Waals surface area contributed by atoms with E-state index in [0.29, 0.717) is 17.2 Å². The first-order valence-corrected chi connectivity index (χ1v) is 10.7. The number of carbonyl (C=O) groups is 2. The third-order valence-electron chi connectivity index (χ3n) is 5.09. The van der Waals surface area contributed by atoms with E-state index in [0.717, 1.165) is 35.3 Å². The molecule has 0 aromatic carbocycles. The van der Waals surface area contributed by atoms with Crippen LogP contribution in [-0.2, 0) is 22.4 Å². The van der Waals surface area contributed by atoms with Gasteiger partial charge in [-0.05, 0) is 60.6 Å². The second-order valence-electron chi connectivity index (χ2n) is 7.20. The Kier molecular flexibility index (Phi) is 6.24. The van der Waals surface area contributed by atoms with Gasteiger partial charge in [0.2, 0.25) is 5.91 Å². The van der Waals surface area contributed by atoms with Crippen LogP contribution in [0, 0.1) is 17.2 Å². The molecule has 0 saturated carbocycles. The van der Waals surface area contributed by atoms with Gasteiger partial charge >= 0.3 is 6.09 Å². The largest absolute Gasteiger partial charge is 0.449 e. The zero-order chi connectivity index (χ0) is 21.6. The van der Waals surface area contributed by atoms with Gasteiger partial charge in [-0.25, -0.2) is 4.79 Å². The summed E-state index contributed by atoms with van der Waals surface area (Å²) in [5.41, 5.74) is 2.35. The molecule has 0 aliphatic heterocycles. The molecular weight excluding hydrogens is 412 g/mol. The maximum Gasteiger partial charge on any atom is 0.417 e. The zero-order valence-electron chi connectivity index (χ0n) is 16.7. The number of pyridine rings is 1. The highest BCUT2D eigenvalue weighted by Crippen LogP contribution is 2.39. The summed E-state index contributed by atoms with van der Waals surface area (Å²) in [6.45, 7) is 0.325. The molecule has 3 heterocycles. The number of aromatic nitrogens is 2. The molecule has 0 spiro atoms. The molecule has 1 atom stereocenters. The molecule has 0 radical (unpaired) electrons. The van der Waals surface area contributed by atoms with Crippen LogP contribution in [0.4, 0.5) is 9.80 Å². The Morgan fingerprint density at radius 3 is 2.94 bits per heavy atom. The van der Waals surface area contributed by atoms with Gasteiger partial charge in [-0.2, -0.15) is 5.26 Å². The molecule has 1 aliphatic rings. The number of rotatable bonds is 5. The highest BCUT2D eigenvalue weighted by atomic mass is 32.1. The van der Waals surface area contributed by atoms with Crippen molar-refractivity contribution in [2.45, 2.75) is 19.3 Å². The van der Waals surface area contributed by atoms with Crippen LogP contribution in [0.1, 0.15) is 28.0 Å². The molecule has 8 heteroatoms. The molecule has 1 amide bonds. The third-order valence-corrected chi connectivity index (χ3v) is 6.26. The van der Waals surface area contributed by atoms with E-state index >= 15 is 0 Å². The van der Waals surface area contributed by atoms with Crippen LogP contribution in [0.2, 0.25) is 0 Å². The number of hydrogen-bond acceptors (Lipinski definition) is 6. The zero-order valence-corrected chi connectivity index (χ0v) is 17.5. The molecule has 1 aliphatic carbocycles. The molecule has 3 aromatic heterocycles. The quantitative estimate of drug-likeness (QED) is 0.608. The predicted octanol–water partition coefficient (Wildman–Crippen LogP) is 4.26. The van der Waals surface area contributed by atoms with Crippen molar-refractivity contribution in [1.82, 2.24) is 9.55 Å². The summed E-state index contributed by atoms with van der Waals surface area (Å²) in [5, 5.41) is 13.0. The first-order chi connectivity index (χ1) is 15.1. The second-order valence-corrected chi connectivity index (χ2v) is 8.31. The van der Waals surface area contributed by atoms with E-state index in [2.05, 4.69) is 16.4 Å². The lowest BCUT2D eigenvalue weighted by Crippen LogP contribution is -2.22. The van der Waals surface area contributed by atoms with Crippen molar-refractivity contribution in [2.24, 2.45) is 5.92 Å². The third kappa shape index (κ3) is 4.90. The van der Waals surface area contributed by atoms with Gasteiger partial charge in [0.1, 0.15) is 11.1 Å². The molecule has 0 fully saturated rings. The van der Waals surface area contributed by atoms with Crippen molar-refractivity contribution < 1.29 is 14.3 Å². The maximum atomic E-state index is 12.3. The van der Waals surface area contributed by atoms with Gasteiger partial charge in [-0.15, -0.1) is 11.3 Å². The van der Waals surface area contributed by atoms with Gasteiger partial charge in [0, 0.05) is 35.7 Å². The van der Waals surface area contributed by atoms with E-state index in [-0.39, 0.29) is 11.8 Å². The Balaban J connectivity index is 1.40. The molecular formula is C23H20N4O3S. The van der Waals surface area contributed by atoms with Crippen molar-refractivity contribution in [1.29, 1.82) is 5.26 Å². The number of nitrogens with one attached hydrogen (secondary N) is 1. The highest BCUT2D eigenvalue weighted by Gasteiger charge is 2.27. The number of nitriles is 1. The number of thiophene rings is 1. The Morgan fingerprint density at radius 1 is 1.35 bits per heavy atom. The van der Waals surface area contributed by atoms with Crippen LogP contribution >= 0.6 is 11.3 Å². The number of carbonyl (C=O) groups excluding carboxylic acids is 2. The number of anilines is 1. The molecule has 7 nitrogen and oxygen atoms in total. The summed E-state index contributed by atoms with van der Waals surface area (Å²) in [7, 11) is 0. The predicted molar refractivity (Wildman–Crippen MR) is 118 cm³/mol. The lowest BCUT2D eigenvalue weighted by molar-refractivity contribution is -0.111. The fourth-order valence-electron chi connectivity index (χ4n) is 3.52. The average molecular weight is 433 g/mol. The molecule has 0 saturated heterocycles. The van der Waals surface area contributed by atoms with Crippen molar-refractivity contribution in [2.75, 3.05) is 11.9 Å². The summed E-state index contributed by atoms with van der Waals surface area (Å²) in [6.07, 6.45) is 11.6. The van der Waals surface area contributed by atoms with Crippen LogP contribution in [-0.4, -0.2) is 28.2 Å². The standard InChI is InChI=1S/C23H20N4O3S/c24-13-19-18-7-5-17(15-30-23(29)27-10-1-2-11-27)12-20(18)31-22(19)26-21(28)8-6-16-4-3-9-25-14-16/h1-4,6,8-11,14,17H,5,7,12,15H2,(H,26,28)/b8-6+. The van der Waals surface area contributed by atoms with Crippen LogP contribution < -0.4 is 5.32 Å². The Morgan fingerprint density at radius 2 is 2.19 bits per heavy atom. The van der Waals surface area contributed by atoms with Crippen LogP contribution in [0.25, 0.3) is 6.08 Å². The average Bonchev–Trinajstić information content (AvgIpc) is 3.44. The summed E-state index contributed by atoms with van der Waals surface area (Å²) in [4.78, 5) is 29.4. The van der Waals surface area contributed by atoms with Crippen molar-refractivity contribution in [3.8, 4) is 6.07 Å². The normalized spacial score (nSPS) is 15.3. The van der Waals surface area contributed by atoms with Crippen LogP contribution in [0.5, 0.6) is 0 Å². The van der Waals surface area contributed by atoms with Crippen molar-refractivity contribution >= 4 is 34.4 Å². The lowest BCUT2D eigenvalue weighted by Gasteiger charge is -2.21. The summed E-state index contributed by atoms with van der Waals surface area (Å²) in [6, 6.07) is 9.43. The van der Waals surface area contributed by atoms with Gasteiger partial charge in [-0.1, -0.05) is 6.07 Å². The van der Waals surface area contributed by atoms with Crippen LogP contribution in [0.3, 0.4) is 0 Å². The maximum absolute atomic E-state index is 12.3. The Labute approximate surface area is 183 Å². The minimum absolute atomic E-state index is 0.186. The van der Waals surface area contributed by atoms with Gasteiger partial charge in [0.15, 0.2) is 0 Å². The topological polar surface area (TPSA) is 97.0 Å². The summed E-state index contributed by atoms with van der Waals surface area (Å²) >= 11 is 1.43. The van der Waals surface area contributed by atoms with E-state index in [1.54, 1.807) is 49.1 Å². The monoisotopic (exact) mass is 432 g/mol. The molecule has 0 bridgehead atoms. The summed E-state index contributed by atoms with van der Waals surface area (Å²) in [5.74, 6) is -0.109. The fraction of sp³-hybridized carbons (Fsp3) is 0.217. The number of hydrogen-bond donors (Lipinski definition) is 1. The van der Waals surface area contributed by atoms with E-state index in [1.165, 1.54) is 22.0 Å². The minimum atomic E-state index is -0.395. The first kappa shape index (κ1) is 20.6. The smallest absolute Gasteiger partial charge is 0.417 e. The number of fused-ring (bicyclic) bond motifs is 1. The lowest BCUT2D eigenvalue weighted by atomic mass is 9.88. The van der Waals surface area contributed by atoms with E-state index in [9.17, 15) is 14.9 Å². The molecule has 156 valence electrons. The van der Waals surface area contributed by atoms with Gasteiger partial charge in [0.05, 0.1) is 12.2 Å². The number of nitrogens with zero attached hydrogens (tertiary/aromatic N) is 3. The Hall–Kier alpha value is -3.70. The summed E-state index contributed by atoms with van der Waals surface area (Å²) < 4.78 is 6.83.